The lowest BCUT2D eigenvalue weighted by Gasteiger charge is -2.10. The molecule has 0 aliphatic carbocycles. The maximum atomic E-state index is 10.9. The van der Waals surface area contributed by atoms with Gasteiger partial charge in [-0.05, 0) is 20.8 Å². The van der Waals surface area contributed by atoms with Crippen molar-refractivity contribution in [3.63, 3.8) is 0 Å². The lowest BCUT2D eigenvalue weighted by Crippen LogP contribution is -2.35. The Kier molecular flexibility index (Phi) is 5.52. The molecule has 0 heterocycles. The maximum Gasteiger partial charge on any atom is 0.407 e. The van der Waals surface area contributed by atoms with Crippen LogP contribution in [0, 0.1) is 5.92 Å². The van der Waals surface area contributed by atoms with Gasteiger partial charge in [0.05, 0.1) is 12.5 Å². The molecule has 0 unspecified atom stereocenters. The minimum absolute atomic E-state index is 0.00347. The quantitative estimate of drug-likeness (QED) is 0.658. The van der Waals surface area contributed by atoms with Crippen LogP contribution in [0.5, 0.6) is 0 Å². The fraction of sp³-hybridized carbons (Fsp3) is 0.667. The third kappa shape index (κ3) is 4.59. The second kappa shape index (κ2) is 6.12. The van der Waals surface area contributed by atoms with Crippen molar-refractivity contribution in [1.82, 2.24) is 5.32 Å². The smallest absolute Gasteiger partial charge is 0.407 e. The van der Waals surface area contributed by atoms with E-state index in [-0.39, 0.29) is 24.7 Å². The first kappa shape index (κ1) is 12.6. The molecule has 0 radical (unpaired) electrons. The molecule has 0 spiro atoms. The van der Waals surface area contributed by atoms with Gasteiger partial charge in [-0.1, -0.05) is 0 Å². The number of carbonyl (C=O) groups is 3. The second-order valence-electron chi connectivity index (χ2n) is 2.88. The summed E-state index contributed by atoms with van der Waals surface area (Å²) in [5, 5.41) is 2.34. The maximum absolute atomic E-state index is 10.9. The van der Waals surface area contributed by atoms with Crippen LogP contribution in [0.2, 0.25) is 0 Å². The van der Waals surface area contributed by atoms with Crippen LogP contribution in [0.15, 0.2) is 0 Å². The molecule has 0 aromatic carbocycles. The van der Waals surface area contributed by atoms with Crippen LogP contribution in [0.1, 0.15) is 20.8 Å². The number of alkyl carbamates (subject to hydrolysis) is 1. The minimum atomic E-state index is -0.764. The van der Waals surface area contributed by atoms with Crippen molar-refractivity contribution < 1.29 is 19.1 Å². The first-order valence-electron chi connectivity index (χ1n) is 4.40. The largest absolute Gasteiger partial charge is 0.450 e. The molecule has 1 N–H and O–H groups in total. The van der Waals surface area contributed by atoms with Crippen molar-refractivity contribution in [3.8, 4) is 0 Å². The van der Waals surface area contributed by atoms with E-state index >= 15 is 0 Å². The summed E-state index contributed by atoms with van der Waals surface area (Å²) in [7, 11) is 0. The normalized spacial score (nSPS) is 9.71. The van der Waals surface area contributed by atoms with E-state index in [4.69, 9.17) is 0 Å². The highest BCUT2D eigenvalue weighted by Gasteiger charge is 2.20. The Morgan fingerprint density at radius 2 is 1.71 bits per heavy atom. The molecule has 0 aliphatic heterocycles. The van der Waals surface area contributed by atoms with E-state index < -0.39 is 12.0 Å². The van der Waals surface area contributed by atoms with Gasteiger partial charge in [0, 0.05) is 6.54 Å². The predicted octanol–water partition coefficient (Wildman–Crippen LogP) is 0.527. The van der Waals surface area contributed by atoms with Crippen molar-refractivity contribution in [2.45, 2.75) is 20.8 Å². The number of carbonyl (C=O) groups excluding carboxylic acids is 3. The molecule has 0 aromatic rings. The molecule has 0 bridgehead atoms. The summed E-state index contributed by atoms with van der Waals surface area (Å²) in [5.74, 6) is -1.27. The molecule has 0 aromatic heterocycles. The third-order valence-corrected chi connectivity index (χ3v) is 1.71. The van der Waals surface area contributed by atoms with Gasteiger partial charge >= 0.3 is 6.09 Å². The highest BCUT2D eigenvalue weighted by Crippen LogP contribution is 1.98. The fourth-order valence-electron chi connectivity index (χ4n) is 0.941. The zero-order valence-corrected chi connectivity index (χ0v) is 8.62. The summed E-state index contributed by atoms with van der Waals surface area (Å²) >= 11 is 0. The summed E-state index contributed by atoms with van der Waals surface area (Å²) in [4.78, 5) is 32.7. The highest BCUT2D eigenvalue weighted by atomic mass is 16.5. The molecule has 0 atom stereocenters. The second-order valence-corrected chi connectivity index (χ2v) is 2.88. The Hall–Kier alpha value is -1.39. The molecule has 5 heteroatoms. The van der Waals surface area contributed by atoms with E-state index in [0.29, 0.717) is 0 Å². The predicted molar refractivity (Wildman–Crippen MR) is 49.9 cm³/mol. The Labute approximate surface area is 82.8 Å². The molecule has 0 rings (SSSR count). The van der Waals surface area contributed by atoms with E-state index in [9.17, 15) is 14.4 Å². The van der Waals surface area contributed by atoms with Crippen LogP contribution in [0.4, 0.5) is 4.79 Å². The van der Waals surface area contributed by atoms with Crippen LogP contribution in [-0.2, 0) is 14.3 Å². The Balaban J connectivity index is 4.01. The van der Waals surface area contributed by atoms with Gasteiger partial charge in [0.25, 0.3) is 0 Å². The number of nitrogens with one attached hydrogen (secondary N) is 1. The van der Waals surface area contributed by atoms with Gasteiger partial charge in [-0.15, -0.1) is 0 Å². The standard InChI is InChI=1S/C9H15NO4/c1-4-14-9(13)10-5-8(6(2)11)7(3)12/h8H,4-5H2,1-3H3,(H,10,13). The van der Waals surface area contributed by atoms with E-state index in [0.717, 1.165) is 0 Å². The molecule has 1 amide bonds. The fourth-order valence-corrected chi connectivity index (χ4v) is 0.941. The van der Waals surface area contributed by atoms with Crippen LogP contribution in [0.25, 0.3) is 0 Å². The van der Waals surface area contributed by atoms with E-state index in [1.807, 2.05) is 0 Å². The molecule has 0 fully saturated rings. The molecule has 14 heavy (non-hydrogen) atoms. The van der Waals surface area contributed by atoms with E-state index in [1.54, 1.807) is 6.92 Å². The van der Waals surface area contributed by atoms with Crippen molar-refractivity contribution in [3.05, 3.63) is 0 Å². The van der Waals surface area contributed by atoms with Gasteiger partial charge in [0.15, 0.2) is 0 Å². The monoisotopic (exact) mass is 201 g/mol. The third-order valence-electron chi connectivity index (χ3n) is 1.71. The van der Waals surface area contributed by atoms with Gasteiger partial charge in [0.2, 0.25) is 0 Å². The Morgan fingerprint density at radius 1 is 1.21 bits per heavy atom. The van der Waals surface area contributed by atoms with Crippen LogP contribution < -0.4 is 5.32 Å². The van der Waals surface area contributed by atoms with Crippen LogP contribution in [0.3, 0.4) is 0 Å². The van der Waals surface area contributed by atoms with Gasteiger partial charge < -0.3 is 10.1 Å². The van der Waals surface area contributed by atoms with Crippen molar-refractivity contribution in [1.29, 1.82) is 0 Å². The lowest BCUT2D eigenvalue weighted by atomic mass is 10.0. The van der Waals surface area contributed by atoms with Crippen LogP contribution >= 0.6 is 0 Å². The molecule has 0 saturated heterocycles. The minimum Gasteiger partial charge on any atom is -0.450 e. The molecule has 0 aliphatic rings. The van der Waals surface area contributed by atoms with Gasteiger partial charge in [-0.3, -0.25) is 9.59 Å². The summed E-state index contributed by atoms with van der Waals surface area (Å²) in [6.07, 6.45) is -0.611. The highest BCUT2D eigenvalue weighted by molar-refractivity contribution is 6.00. The summed E-state index contributed by atoms with van der Waals surface area (Å²) in [5.41, 5.74) is 0. The average Bonchev–Trinajstić information content (AvgIpc) is 2.03. The molecular formula is C9H15NO4. The molecule has 0 saturated carbocycles. The number of amides is 1. The first-order valence-corrected chi connectivity index (χ1v) is 4.40. The van der Waals surface area contributed by atoms with Crippen molar-refractivity contribution in [2.75, 3.05) is 13.2 Å². The Bertz CT molecular complexity index is 223. The van der Waals surface area contributed by atoms with E-state index in [1.165, 1.54) is 13.8 Å². The van der Waals surface area contributed by atoms with Crippen molar-refractivity contribution in [2.24, 2.45) is 5.92 Å². The number of hydrogen-bond acceptors (Lipinski definition) is 4. The van der Waals surface area contributed by atoms with Crippen LogP contribution in [-0.4, -0.2) is 30.8 Å². The number of ketones is 2. The van der Waals surface area contributed by atoms with Gasteiger partial charge in [-0.25, -0.2) is 4.79 Å². The molecule has 5 nitrogen and oxygen atoms in total. The molecule has 80 valence electrons. The Morgan fingerprint density at radius 3 is 2.07 bits per heavy atom. The average molecular weight is 201 g/mol. The lowest BCUT2D eigenvalue weighted by molar-refractivity contribution is -0.130. The summed E-state index contributed by atoms with van der Waals surface area (Å²) < 4.78 is 4.58. The van der Waals surface area contributed by atoms with Crippen molar-refractivity contribution >= 4 is 17.7 Å². The van der Waals surface area contributed by atoms with Gasteiger partial charge in [0.1, 0.15) is 11.6 Å². The molecular weight excluding hydrogens is 186 g/mol. The summed E-state index contributed by atoms with van der Waals surface area (Å²) in [6.45, 7) is 4.57. The topological polar surface area (TPSA) is 72.5 Å². The zero-order valence-electron chi connectivity index (χ0n) is 8.62. The number of Topliss-reactive ketones (excluding diaryl/α,β-unsaturated/α-hetero) is 2. The number of hydrogen-bond donors (Lipinski definition) is 1. The van der Waals surface area contributed by atoms with E-state index in [2.05, 4.69) is 10.1 Å². The summed E-state index contributed by atoms with van der Waals surface area (Å²) in [6, 6.07) is 0. The number of rotatable bonds is 5. The van der Waals surface area contributed by atoms with Gasteiger partial charge in [-0.2, -0.15) is 0 Å². The zero-order chi connectivity index (χ0) is 11.1. The first-order chi connectivity index (χ1) is 6.49. The SMILES string of the molecule is CCOC(=O)NCC(C(C)=O)C(C)=O. The number of ether oxygens (including phenoxy) is 1.